The summed E-state index contributed by atoms with van der Waals surface area (Å²) < 4.78 is 8.88. The van der Waals surface area contributed by atoms with Crippen molar-refractivity contribution in [1.82, 2.24) is 15.0 Å². The number of hydrogen-bond donors (Lipinski definition) is 5. The van der Waals surface area contributed by atoms with E-state index in [9.17, 15) is 0 Å². The molecule has 0 spiro atoms. The third-order valence-corrected chi connectivity index (χ3v) is 2.42. The van der Waals surface area contributed by atoms with E-state index in [1.54, 1.807) is 12.4 Å². The van der Waals surface area contributed by atoms with Crippen molar-refractivity contribution in [3.63, 3.8) is 0 Å². The molecule has 3 rings (SSSR count). The molecule has 1 aromatic carbocycles. The molecular weight excluding hydrogens is 357 g/mol. The van der Waals surface area contributed by atoms with Crippen LogP contribution in [-0.2, 0) is 11.0 Å². The van der Waals surface area contributed by atoms with Gasteiger partial charge >= 0.3 is 7.82 Å². The zero-order valence-corrected chi connectivity index (χ0v) is 14.3. The Morgan fingerprint density at radius 1 is 1.00 bits per heavy atom. The number of para-hydroxylation sites is 1. The third-order valence-electron chi connectivity index (χ3n) is 2.42. The predicted molar refractivity (Wildman–Crippen MR) is 92.6 cm³/mol. The zero-order chi connectivity index (χ0) is 17.1. The topological polar surface area (TPSA) is 140 Å². The second-order valence-corrected chi connectivity index (χ2v) is 5.25. The van der Waals surface area contributed by atoms with E-state index in [1.807, 2.05) is 30.5 Å². The van der Waals surface area contributed by atoms with Crippen molar-refractivity contribution in [3.8, 4) is 0 Å². The first kappa shape index (κ1) is 22.2. The lowest BCUT2D eigenvalue weighted by Gasteiger charge is -1.91. The van der Waals surface area contributed by atoms with Gasteiger partial charge in [-0.3, -0.25) is 4.98 Å². The standard InChI is InChI=1S/C9H7N.C5H8N2O.ClH.H3O4P/c1-2-6-9-8(4-1)5-3-7-10-9;8-4-1-5-6-2-3-7-5;;1-5(2,3)4/h1-7H;2-3,8H,1,4H2,(H,6,7);1H;(H3,1,2,3,4). The first-order chi connectivity index (χ1) is 10.9. The van der Waals surface area contributed by atoms with Crippen molar-refractivity contribution in [2.45, 2.75) is 6.42 Å². The Balaban J connectivity index is 0.000000344. The van der Waals surface area contributed by atoms with Crippen LogP contribution in [0.1, 0.15) is 5.82 Å². The fraction of sp³-hybridized carbons (Fsp3) is 0.143. The summed E-state index contributed by atoms with van der Waals surface area (Å²) in [6, 6.07) is 12.1. The van der Waals surface area contributed by atoms with Gasteiger partial charge in [0.25, 0.3) is 0 Å². The Labute approximate surface area is 144 Å². The number of pyridine rings is 1. The van der Waals surface area contributed by atoms with Crippen LogP contribution in [0.25, 0.3) is 10.9 Å². The van der Waals surface area contributed by atoms with Gasteiger partial charge in [-0.25, -0.2) is 9.55 Å². The first-order valence-corrected chi connectivity index (χ1v) is 8.14. The molecule has 8 nitrogen and oxygen atoms in total. The van der Waals surface area contributed by atoms with Gasteiger partial charge in [-0.2, -0.15) is 0 Å². The summed E-state index contributed by atoms with van der Waals surface area (Å²) in [5.74, 6) is 0.840. The van der Waals surface area contributed by atoms with Crippen LogP contribution < -0.4 is 0 Å². The molecule has 132 valence electrons. The molecule has 0 radical (unpaired) electrons. The molecule has 10 heteroatoms. The number of phosphoric acid groups is 1. The van der Waals surface area contributed by atoms with Gasteiger partial charge in [-0.15, -0.1) is 12.4 Å². The van der Waals surface area contributed by atoms with E-state index in [0.717, 1.165) is 11.3 Å². The fourth-order valence-corrected chi connectivity index (χ4v) is 1.56. The molecule has 0 saturated carbocycles. The average Bonchev–Trinajstić information content (AvgIpc) is 3.00. The van der Waals surface area contributed by atoms with Gasteiger partial charge in [-0.05, 0) is 12.1 Å². The quantitative estimate of drug-likeness (QED) is 0.429. The molecule has 0 atom stereocenters. The van der Waals surface area contributed by atoms with Crippen molar-refractivity contribution in [1.29, 1.82) is 0 Å². The monoisotopic (exact) mass is 375 g/mol. The van der Waals surface area contributed by atoms with Crippen LogP contribution >= 0.6 is 20.2 Å². The van der Waals surface area contributed by atoms with Crippen LogP contribution in [0.2, 0.25) is 0 Å². The number of aromatic nitrogens is 3. The maximum atomic E-state index is 8.88. The molecular formula is C14H19ClN3O5P. The second kappa shape index (κ2) is 11.7. The van der Waals surface area contributed by atoms with E-state index in [0.29, 0.717) is 6.42 Å². The minimum absolute atomic E-state index is 0. The molecule has 0 aliphatic heterocycles. The number of aromatic amines is 1. The van der Waals surface area contributed by atoms with E-state index in [1.165, 1.54) is 5.39 Å². The summed E-state index contributed by atoms with van der Waals surface area (Å²) in [4.78, 5) is 32.5. The molecule has 0 saturated heterocycles. The summed E-state index contributed by atoms with van der Waals surface area (Å²) in [5, 5.41) is 9.58. The number of benzene rings is 1. The number of nitrogens with one attached hydrogen (secondary N) is 1. The number of halogens is 1. The average molecular weight is 376 g/mol. The Morgan fingerprint density at radius 3 is 2.17 bits per heavy atom. The number of nitrogens with zero attached hydrogens (tertiary/aromatic N) is 2. The highest BCUT2D eigenvalue weighted by molar-refractivity contribution is 7.45. The van der Waals surface area contributed by atoms with Gasteiger partial charge < -0.3 is 24.8 Å². The van der Waals surface area contributed by atoms with Crippen molar-refractivity contribution in [3.05, 3.63) is 60.8 Å². The minimum atomic E-state index is -4.64. The smallest absolute Gasteiger partial charge is 0.396 e. The van der Waals surface area contributed by atoms with Crippen LogP contribution in [0.3, 0.4) is 0 Å². The lowest BCUT2D eigenvalue weighted by molar-refractivity contribution is 0.275. The SMILES string of the molecule is Cl.O=P(O)(O)O.OCCc1ncc[nH]1.c1ccc2ncccc2c1. The number of aliphatic hydroxyl groups is 1. The van der Waals surface area contributed by atoms with Crippen molar-refractivity contribution in [2.24, 2.45) is 0 Å². The predicted octanol–water partition coefficient (Wildman–Crippen LogP) is 1.67. The van der Waals surface area contributed by atoms with Crippen LogP contribution in [0, 0.1) is 0 Å². The molecule has 5 N–H and O–H groups in total. The van der Waals surface area contributed by atoms with Gasteiger partial charge in [0.15, 0.2) is 0 Å². The van der Waals surface area contributed by atoms with E-state index < -0.39 is 7.82 Å². The molecule has 0 unspecified atom stereocenters. The lowest BCUT2D eigenvalue weighted by Crippen LogP contribution is -1.91. The number of imidazole rings is 1. The van der Waals surface area contributed by atoms with Crippen molar-refractivity contribution < 1.29 is 24.4 Å². The third kappa shape index (κ3) is 10.8. The van der Waals surface area contributed by atoms with Crippen LogP contribution in [0.4, 0.5) is 0 Å². The van der Waals surface area contributed by atoms with Crippen LogP contribution in [0.15, 0.2) is 55.0 Å². The normalized spacial score (nSPS) is 9.83. The number of hydrogen-bond acceptors (Lipinski definition) is 4. The van der Waals surface area contributed by atoms with E-state index in [-0.39, 0.29) is 19.0 Å². The van der Waals surface area contributed by atoms with Crippen molar-refractivity contribution >= 4 is 31.1 Å². The molecule has 0 bridgehead atoms. The summed E-state index contributed by atoms with van der Waals surface area (Å²) in [7, 11) is -4.64. The Morgan fingerprint density at radius 2 is 1.62 bits per heavy atom. The molecule has 0 amide bonds. The highest BCUT2D eigenvalue weighted by Gasteiger charge is 2.00. The zero-order valence-electron chi connectivity index (χ0n) is 12.6. The Kier molecular flexibility index (Phi) is 10.8. The molecule has 0 aliphatic rings. The largest absolute Gasteiger partial charge is 0.466 e. The second-order valence-electron chi connectivity index (χ2n) is 4.22. The lowest BCUT2D eigenvalue weighted by atomic mass is 10.2. The summed E-state index contributed by atoms with van der Waals surface area (Å²) in [5.41, 5.74) is 1.06. The van der Waals surface area contributed by atoms with Gasteiger partial charge in [0.2, 0.25) is 0 Å². The number of rotatable bonds is 2. The minimum Gasteiger partial charge on any atom is -0.396 e. The molecule has 24 heavy (non-hydrogen) atoms. The summed E-state index contributed by atoms with van der Waals surface area (Å²) in [6.45, 7) is 0.160. The maximum absolute atomic E-state index is 8.88. The van der Waals surface area contributed by atoms with Crippen molar-refractivity contribution in [2.75, 3.05) is 6.61 Å². The summed E-state index contributed by atoms with van der Waals surface area (Å²) >= 11 is 0. The molecule has 0 aliphatic carbocycles. The van der Waals surface area contributed by atoms with Crippen LogP contribution in [-0.4, -0.2) is 41.3 Å². The highest BCUT2D eigenvalue weighted by atomic mass is 35.5. The van der Waals surface area contributed by atoms with E-state index in [4.69, 9.17) is 24.4 Å². The summed E-state index contributed by atoms with van der Waals surface area (Å²) in [6.07, 6.45) is 5.84. The van der Waals surface area contributed by atoms with Crippen LogP contribution in [0.5, 0.6) is 0 Å². The number of fused-ring (bicyclic) bond motifs is 1. The Hall–Kier alpha value is -1.80. The maximum Gasteiger partial charge on any atom is 0.466 e. The van der Waals surface area contributed by atoms with E-state index in [2.05, 4.69) is 27.1 Å². The van der Waals surface area contributed by atoms with Gasteiger partial charge in [0.1, 0.15) is 5.82 Å². The van der Waals surface area contributed by atoms with Gasteiger partial charge in [-0.1, -0.05) is 24.3 Å². The van der Waals surface area contributed by atoms with E-state index >= 15 is 0 Å². The molecule has 2 heterocycles. The highest BCUT2D eigenvalue weighted by Crippen LogP contribution is 2.25. The number of H-pyrrole nitrogens is 1. The molecule has 2 aromatic heterocycles. The number of aliphatic hydroxyl groups excluding tert-OH is 1. The van der Waals surface area contributed by atoms with Gasteiger partial charge in [0, 0.05) is 30.4 Å². The molecule has 3 aromatic rings. The fourth-order valence-electron chi connectivity index (χ4n) is 1.56. The van der Waals surface area contributed by atoms with Gasteiger partial charge in [0.05, 0.1) is 12.1 Å². The Bertz CT molecular complexity index is 662. The first-order valence-electron chi connectivity index (χ1n) is 6.57. The molecule has 0 fully saturated rings.